The molecule has 0 saturated heterocycles. The van der Waals surface area contributed by atoms with Gasteiger partial charge in [0.15, 0.2) is 6.61 Å². The zero-order valence-electron chi connectivity index (χ0n) is 17.0. The molecule has 1 N–H and O–H groups in total. The fourth-order valence-electron chi connectivity index (χ4n) is 2.68. The molecule has 0 bridgehead atoms. The number of hydrogen-bond donors (Lipinski definition) is 1. The number of thiophene rings is 1. The second-order valence-corrected chi connectivity index (χ2v) is 7.02. The molecular formula is C21H25NO6S. The van der Waals surface area contributed by atoms with Crippen molar-refractivity contribution in [1.29, 1.82) is 0 Å². The molecule has 156 valence electrons. The summed E-state index contributed by atoms with van der Waals surface area (Å²) in [5.41, 5.74) is 1.56. The normalized spacial score (nSPS) is 10.3. The minimum Gasteiger partial charge on any atom is -0.483 e. The second-order valence-electron chi connectivity index (χ2n) is 6.00. The number of ether oxygens (including phenoxy) is 3. The van der Waals surface area contributed by atoms with Gasteiger partial charge in [-0.2, -0.15) is 0 Å². The minimum absolute atomic E-state index is 0.155. The maximum atomic E-state index is 12.4. The summed E-state index contributed by atoms with van der Waals surface area (Å²) in [7, 11) is 0. The number of benzene rings is 1. The van der Waals surface area contributed by atoms with E-state index in [9.17, 15) is 14.4 Å². The number of carbonyl (C=O) groups is 3. The van der Waals surface area contributed by atoms with Crippen molar-refractivity contribution < 1.29 is 28.6 Å². The number of amides is 1. The molecule has 1 aromatic carbocycles. The summed E-state index contributed by atoms with van der Waals surface area (Å²) in [5.74, 6) is -0.970. The smallest absolute Gasteiger partial charge is 0.348 e. The van der Waals surface area contributed by atoms with Gasteiger partial charge in [0.25, 0.3) is 5.91 Å². The highest BCUT2D eigenvalue weighted by Gasteiger charge is 2.27. The number of rotatable bonds is 9. The van der Waals surface area contributed by atoms with Crippen LogP contribution in [0.4, 0.5) is 5.00 Å². The Morgan fingerprint density at radius 1 is 1.00 bits per heavy atom. The number of carbonyl (C=O) groups excluding carboxylic acids is 3. The maximum Gasteiger partial charge on any atom is 0.348 e. The topological polar surface area (TPSA) is 90.9 Å². The van der Waals surface area contributed by atoms with E-state index in [0.29, 0.717) is 11.3 Å². The number of nitrogens with one attached hydrogen (secondary N) is 1. The van der Waals surface area contributed by atoms with Crippen molar-refractivity contribution in [2.75, 3.05) is 25.1 Å². The highest BCUT2D eigenvalue weighted by molar-refractivity contribution is 7.18. The largest absolute Gasteiger partial charge is 0.483 e. The molecule has 0 saturated carbocycles. The van der Waals surface area contributed by atoms with Crippen LogP contribution in [0.2, 0.25) is 0 Å². The Hall–Kier alpha value is -2.87. The zero-order chi connectivity index (χ0) is 21.4. The van der Waals surface area contributed by atoms with E-state index in [1.165, 1.54) is 0 Å². The molecule has 29 heavy (non-hydrogen) atoms. The molecule has 7 nitrogen and oxygen atoms in total. The number of anilines is 1. The summed E-state index contributed by atoms with van der Waals surface area (Å²) >= 11 is 0.983. The molecule has 0 atom stereocenters. The predicted molar refractivity (Wildman–Crippen MR) is 111 cm³/mol. The molecule has 0 aliphatic carbocycles. The lowest BCUT2D eigenvalue weighted by Crippen LogP contribution is -2.21. The van der Waals surface area contributed by atoms with Crippen LogP contribution in [0.5, 0.6) is 5.75 Å². The molecular weight excluding hydrogens is 394 g/mol. The molecule has 0 aliphatic rings. The zero-order valence-corrected chi connectivity index (χ0v) is 17.8. The standard InChI is InChI=1S/C21H25NO6S/c1-5-14-10-8-9-11-15(14)28-12-16(23)22-19-17(20(24)26-6-2)13(4)18(29-19)21(25)27-7-3/h8-11H,5-7,12H2,1-4H3,(H,22,23). The first-order chi connectivity index (χ1) is 13.9. The SMILES string of the molecule is CCOC(=O)c1sc(NC(=O)COc2ccccc2CC)c(C(=O)OCC)c1C. The van der Waals surface area contributed by atoms with Gasteiger partial charge in [0.2, 0.25) is 0 Å². The molecule has 1 aromatic heterocycles. The second kappa shape index (κ2) is 10.6. The van der Waals surface area contributed by atoms with E-state index in [-0.39, 0.29) is 35.3 Å². The van der Waals surface area contributed by atoms with Crippen molar-refractivity contribution in [2.24, 2.45) is 0 Å². The van der Waals surface area contributed by atoms with Crippen LogP contribution in [-0.2, 0) is 20.7 Å². The van der Waals surface area contributed by atoms with Crippen LogP contribution in [-0.4, -0.2) is 37.7 Å². The van der Waals surface area contributed by atoms with Gasteiger partial charge in [-0.3, -0.25) is 4.79 Å². The van der Waals surface area contributed by atoms with Gasteiger partial charge >= 0.3 is 11.9 Å². The molecule has 0 fully saturated rings. The van der Waals surface area contributed by atoms with Gasteiger partial charge in [-0.25, -0.2) is 9.59 Å². The first-order valence-corrected chi connectivity index (χ1v) is 10.2. The van der Waals surface area contributed by atoms with Crippen molar-refractivity contribution in [3.8, 4) is 5.75 Å². The quantitative estimate of drug-likeness (QED) is 0.618. The van der Waals surface area contributed by atoms with Crippen LogP contribution in [0, 0.1) is 6.92 Å². The van der Waals surface area contributed by atoms with Crippen LogP contribution >= 0.6 is 11.3 Å². The van der Waals surface area contributed by atoms with E-state index in [1.807, 2.05) is 25.1 Å². The van der Waals surface area contributed by atoms with E-state index < -0.39 is 17.8 Å². The van der Waals surface area contributed by atoms with Crippen molar-refractivity contribution in [2.45, 2.75) is 34.1 Å². The minimum atomic E-state index is -0.607. The first-order valence-electron chi connectivity index (χ1n) is 9.40. The molecule has 0 aliphatic heterocycles. The Morgan fingerprint density at radius 3 is 2.31 bits per heavy atom. The van der Waals surface area contributed by atoms with E-state index in [4.69, 9.17) is 14.2 Å². The molecule has 2 rings (SSSR count). The average Bonchev–Trinajstić information content (AvgIpc) is 3.02. The lowest BCUT2D eigenvalue weighted by atomic mass is 10.1. The number of para-hydroxylation sites is 1. The Balaban J connectivity index is 2.21. The molecule has 8 heteroatoms. The van der Waals surface area contributed by atoms with E-state index in [2.05, 4.69) is 5.32 Å². The lowest BCUT2D eigenvalue weighted by Gasteiger charge is -2.10. The molecule has 2 aromatic rings. The summed E-state index contributed by atoms with van der Waals surface area (Å²) in [6, 6.07) is 7.47. The van der Waals surface area contributed by atoms with Gasteiger partial charge in [-0.05, 0) is 44.4 Å². The number of esters is 2. The van der Waals surface area contributed by atoms with Gasteiger partial charge in [0.05, 0.1) is 18.8 Å². The van der Waals surface area contributed by atoms with Gasteiger partial charge < -0.3 is 19.5 Å². The van der Waals surface area contributed by atoms with Crippen molar-refractivity contribution in [3.63, 3.8) is 0 Å². The van der Waals surface area contributed by atoms with E-state index >= 15 is 0 Å². The fourth-order valence-corrected chi connectivity index (χ4v) is 3.79. The van der Waals surface area contributed by atoms with Crippen LogP contribution in [0.25, 0.3) is 0 Å². The van der Waals surface area contributed by atoms with Crippen molar-refractivity contribution in [1.82, 2.24) is 0 Å². The molecule has 0 radical (unpaired) electrons. The molecule has 1 amide bonds. The van der Waals surface area contributed by atoms with Gasteiger partial charge in [0.1, 0.15) is 15.6 Å². The van der Waals surface area contributed by atoms with Gasteiger partial charge in [-0.1, -0.05) is 25.1 Å². The molecule has 0 unspecified atom stereocenters. The Morgan fingerprint density at radius 2 is 1.66 bits per heavy atom. The van der Waals surface area contributed by atoms with Gasteiger partial charge in [0, 0.05) is 0 Å². The average molecular weight is 419 g/mol. The van der Waals surface area contributed by atoms with Gasteiger partial charge in [-0.15, -0.1) is 11.3 Å². The van der Waals surface area contributed by atoms with Crippen LogP contribution < -0.4 is 10.1 Å². The van der Waals surface area contributed by atoms with Crippen molar-refractivity contribution in [3.05, 3.63) is 45.8 Å². The van der Waals surface area contributed by atoms with Crippen LogP contribution in [0.3, 0.4) is 0 Å². The number of aryl methyl sites for hydroxylation is 1. The summed E-state index contributed by atoms with van der Waals surface area (Å²) in [6.07, 6.45) is 0.776. The monoisotopic (exact) mass is 419 g/mol. The van der Waals surface area contributed by atoms with E-state index in [1.54, 1.807) is 26.8 Å². The maximum absolute atomic E-state index is 12.4. The fraction of sp³-hybridized carbons (Fsp3) is 0.381. The Labute approximate surface area is 174 Å². The molecule has 1 heterocycles. The highest BCUT2D eigenvalue weighted by Crippen LogP contribution is 2.34. The van der Waals surface area contributed by atoms with E-state index in [0.717, 1.165) is 23.3 Å². The predicted octanol–water partition coefficient (Wildman–Crippen LogP) is 3.99. The van der Waals surface area contributed by atoms with Crippen LogP contribution in [0.1, 0.15) is 51.9 Å². The third kappa shape index (κ3) is 5.57. The summed E-state index contributed by atoms with van der Waals surface area (Å²) in [5, 5.41) is 2.90. The Bertz CT molecular complexity index is 889. The summed E-state index contributed by atoms with van der Waals surface area (Å²) in [4.78, 5) is 37.2. The lowest BCUT2D eigenvalue weighted by molar-refractivity contribution is -0.118. The van der Waals surface area contributed by atoms with Crippen LogP contribution in [0.15, 0.2) is 24.3 Å². The first kappa shape index (κ1) is 22.4. The number of hydrogen-bond acceptors (Lipinski definition) is 7. The Kier molecular flexibility index (Phi) is 8.21. The highest BCUT2D eigenvalue weighted by atomic mass is 32.1. The van der Waals surface area contributed by atoms with Crippen molar-refractivity contribution >= 4 is 34.2 Å². The summed E-state index contributed by atoms with van der Waals surface area (Å²) in [6.45, 7) is 7.15. The third-order valence-electron chi connectivity index (χ3n) is 4.05. The third-order valence-corrected chi connectivity index (χ3v) is 5.24. The summed E-state index contributed by atoms with van der Waals surface area (Å²) < 4.78 is 15.7. The molecule has 0 spiro atoms.